The molecule has 3 unspecified atom stereocenters. The second kappa shape index (κ2) is 11.4. The van der Waals surface area contributed by atoms with Gasteiger partial charge in [0.05, 0.1) is 6.10 Å². The van der Waals surface area contributed by atoms with Crippen LogP contribution < -0.4 is 0 Å². The predicted octanol–water partition coefficient (Wildman–Crippen LogP) is 8.36. The summed E-state index contributed by atoms with van der Waals surface area (Å²) in [4.78, 5) is 0. The Kier molecular flexibility index (Phi) is 9.43. The zero-order chi connectivity index (χ0) is 23.2. The van der Waals surface area contributed by atoms with Gasteiger partial charge in [0, 0.05) is 5.92 Å². The SMILES string of the molecule is CC(C)=CCC/C(C)=C/CC/C(C)=C/CCC1(C)CCC2=C(O1)C(C)=C(C)C(O)C2C. The average Bonchev–Trinajstić information content (AvgIpc) is 2.70. The van der Waals surface area contributed by atoms with Gasteiger partial charge in [-0.05, 0) is 117 Å². The summed E-state index contributed by atoms with van der Waals surface area (Å²) in [5.74, 6) is 1.24. The van der Waals surface area contributed by atoms with Crippen molar-refractivity contribution in [1.29, 1.82) is 0 Å². The lowest BCUT2D eigenvalue weighted by Crippen LogP contribution is -2.37. The smallest absolute Gasteiger partial charge is 0.122 e. The van der Waals surface area contributed by atoms with Crippen LogP contribution in [-0.4, -0.2) is 16.8 Å². The first-order valence-corrected chi connectivity index (χ1v) is 12.3. The van der Waals surface area contributed by atoms with Crippen molar-refractivity contribution in [2.75, 3.05) is 0 Å². The van der Waals surface area contributed by atoms with Gasteiger partial charge in [-0.25, -0.2) is 0 Å². The van der Waals surface area contributed by atoms with Crippen LogP contribution in [0.15, 0.2) is 57.4 Å². The molecule has 31 heavy (non-hydrogen) atoms. The fraction of sp³-hybridized carbons (Fsp3) is 0.655. The molecule has 0 spiro atoms. The fourth-order valence-corrected chi connectivity index (χ4v) is 4.73. The van der Waals surface area contributed by atoms with Crippen LogP contribution in [0, 0.1) is 5.92 Å². The maximum Gasteiger partial charge on any atom is 0.122 e. The molecule has 0 bridgehead atoms. The molecule has 2 heteroatoms. The van der Waals surface area contributed by atoms with Crippen LogP contribution in [0.25, 0.3) is 0 Å². The Labute approximate surface area is 191 Å². The molecule has 0 fully saturated rings. The van der Waals surface area contributed by atoms with E-state index < -0.39 is 0 Å². The highest BCUT2D eigenvalue weighted by molar-refractivity contribution is 5.42. The first-order valence-electron chi connectivity index (χ1n) is 12.3. The molecule has 0 amide bonds. The lowest BCUT2D eigenvalue weighted by atomic mass is 9.76. The van der Waals surface area contributed by atoms with Gasteiger partial charge in [0.1, 0.15) is 11.4 Å². The highest BCUT2D eigenvalue weighted by atomic mass is 16.5. The number of hydrogen-bond acceptors (Lipinski definition) is 2. The van der Waals surface area contributed by atoms with Crippen LogP contribution in [0.1, 0.15) is 107 Å². The first kappa shape index (κ1) is 25.7. The fourth-order valence-electron chi connectivity index (χ4n) is 4.73. The monoisotopic (exact) mass is 426 g/mol. The van der Waals surface area contributed by atoms with Crippen molar-refractivity contribution >= 4 is 0 Å². The van der Waals surface area contributed by atoms with Gasteiger partial charge in [-0.1, -0.05) is 41.9 Å². The molecule has 174 valence electrons. The summed E-state index contributed by atoms with van der Waals surface area (Å²) in [7, 11) is 0. The van der Waals surface area contributed by atoms with Crippen molar-refractivity contribution in [2.24, 2.45) is 5.92 Å². The van der Waals surface area contributed by atoms with Crippen LogP contribution in [0.2, 0.25) is 0 Å². The van der Waals surface area contributed by atoms with Crippen LogP contribution in [0.4, 0.5) is 0 Å². The van der Waals surface area contributed by atoms with Crippen molar-refractivity contribution in [3.8, 4) is 0 Å². The largest absolute Gasteiger partial charge is 0.487 e. The molecule has 1 aliphatic heterocycles. The molecule has 1 aliphatic carbocycles. The summed E-state index contributed by atoms with van der Waals surface area (Å²) >= 11 is 0. The molecule has 0 aromatic heterocycles. The highest BCUT2D eigenvalue weighted by Crippen LogP contribution is 2.45. The summed E-state index contributed by atoms with van der Waals surface area (Å²) in [5.41, 5.74) is 7.80. The molecule has 2 nitrogen and oxygen atoms in total. The van der Waals surface area contributed by atoms with Gasteiger partial charge in [-0.2, -0.15) is 0 Å². The molecule has 0 saturated heterocycles. The topological polar surface area (TPSA) is 29.5 Å². The van der Waals surface area contributed by atoms with Gasteiger partial charge in [0.25, 0.3) is 0 Å². The Bertz CT molecular complexity index is 786. The van der Waals surface area contributed by atoms with E-state index in [9.17, 15) is 5.11 Å². The van der Waals surface area contributed by atoms with Gasteiger partial charge < -0.3 is 9.84 Å². The minimum atomic E-state index is -0.359. The number of rotatable bonds is 9. The third kappa shape index (κ3) is 7.24. The van der Waals surface area contributed by atoms with Gasteiger partial charge in [-0.3, -0.25) is 0 Å². The van der Waals surface area contributed by atoms with Crippen LogP contribution >= 0.6 is 0 Å². The van der Waals surface area contributed by atoms with Crippen LogP contribution in [0.5, 0.6) is 0 Å². The molecule has 3 atom stereocenters. The van der Waals surface area contributed by atoms with Gasteiger partial charge in [0.15, 0.2) is 0 Å². The van der Waals surface area contributed by atoms with E-state index in [1.165, 1.54) is 28.7 Å². The summed E-state index contributed by atoms with van der Waals surface area (Å²) < 4.78 is 6.60. The number of aliphatic hydroxyl groups excluding tert-OH is 1. The second-order valence-electron chi connectivity index (χ2n) is 10.4. The van der Waals surface area contributed by atoms with Crippen molar-refractivity contribution in [3.63, 3.8) is 0 Å². The predicted molar refractivity (Wildman–Crippen MR) is 134 cm³/mol. The minimum Gasteiger partial charge on any atom is -0.487 e. The lowest BCUT2D eigenvalue weighted by molar-refractivity contribution is -0.0137. The van der Waals surface area contributed by atoms with E-state index >= 15 is 0 Å². The maximum atomic E-state index is 10.5. The van der Waals surface area contributed by atoms with Crippen molar-refractivity contribution < 1.29 is 9.84 Å². The Hall–Kier alpha value is -1.54. The van der Waals surface area contributed by atoms with E-state index in [0.29, 0.717) is 0 Å². The van der Waals surface area contributed by atoms with Crippen LogP contribution in [0.3, 0.4) is 0 Å². The Morgan fingerprint density at radius 3 is 2.19 bits per heavy atom. The lowest BCUT2D eigenvalue weighted by Gasteiger charge is -2.42. The summed E-state index contributed by atoms with van der Waals surface area (Å²) in [6.45, 7) is 17.4. The molecule has 0 aromatic rings. The summed E-state index contributed by atoms with van der Waals surface area (Å²) in [5, 5.41) is 10.5. The molecule has 0 radical (unpaired) electrons. The number of allylic oxidation sites excluding steroid dienone is 7. The van der Waals surface area contributed by atoms with Crippen molar-refractivity contribution in [1.82, 2.24) is 0 Å². The Balaban J connectivity index is 1.84. The van der Waals surface area contributed by atoms with Crippen molar-refractivity contribution in [2.45, 2.75) is 118 Å². The molecule has 0 saturated carbocycles. The van der Waals surface area contributed by atoms with E-state index in [2.05, 4.69) is 66.7 Å². The molecule has 2 rings (SSSR count). The number of aliphatic hydroxyl groups is 1. The standard InChI is InChI=1S/C29H46O2/c1-20(2)12-9-13-21(3)14-10-15-22(4)16-11-18-29(8)19-17-26-25(7)27(30)23(5)24(6)28(26)31-29/h12,14,16,25,27,30H,9-11,13,15,17-19H2,1-8H3/b21-14+,22-16+. The van der Waals surface area contributed by atoms with E-state index in [1.807, 2.05) is 6.92 Å². The Morgan fingerprint density at radius 1 is 1.00 bits per heavy atom. The molecule has 1 N–H and O–H groups in total. The number of hydrogen-bond donors (Lipinski definition) is 1. The second-order valence-corrected chi connectivity index (χ2v) is 10.4. The molecule has 1 heterocycles. The third-order valence-corrected chi connectivity index (χ3v) is 7.25. The molecule has 0 aromatic carbocycles. The maximum absolute atomic E-state index is 10.5. The summed E-state index contributed by atoms with van der Waals surface area (Å²) in [6, 6.07) is 0. The van der Waals surface area contributed by atoms with Gasteiger partial charge >= 0.3 is 0 Å². The zero-order valence-electron chi connectivity index (χ0n) is 21.4. The van der Waals surface area contributed by atoms with Gasteiger partial charge in [-0.15, -0.1) is 0 Å². The van der Waals surface area contributed by atoms with Crippen LogP contribution in [-0.2, 0) is 4.74 Å². The molecular weight excluding hydrogens is 380 g/mol. The normalized spacial score (nSPS) is 27.3. The van der Waals surface area contributed by atoms with Crippen molar-refractivity contribution in [3.05, 3.63) is 57.4 Å². The van der Waals surface area contributed by atoms with E-state index in [4.69, 9.17) is 4.74 Å². The quantitative estimate of drug-likeness (QED) is 0.375. The van der Waals surface area contributed by atoms with E-state index in [-0.39, 0.29) is 17.6 Å². The van der Waals surface area contributed by atoms with Gasteiger partial charge in [0.2, 0.25) is 0 Å². The minimum absolute atomic E-state index is 0.111. The summed E-state index contributed by atoms with van der Waals surface area (Å²) in [6.07, 6.45) is 15.6. The van der Waals surface area contributed by atoms with E-state index in [1.54, 1.807) is 0 Å². The first-order chi connectivity index (χ1) is 14.5. The highest BCUT2D eigenvalue weighted by Gasteiger charge is 2.39. The molecular formula is C29H46O2. The number of ether oxygens (including phenoxy) is 1. The average molecular weight is 427 g/mol. The van der Waals surface area contributed by atoms with E-state index in [0.717, 1.165) is 61.9 Å². The Morgan fingerprint density at radius 2 is 1.58 bits per heavy atom. The zero-order valence-corrected chi connectivity index (χ0v) is 21.4. The third-order valence-electron chi connectivity index (χ3n) is 7.25. The molecule has 2 aliphatic rings.